The van der Waals surface area contributed by atoms with Crippen LogP contribution in [0, 0.1) is 11.8 Å². The Hall–Kier alpha value is -2.28. The van der Waals surface area contributed by atoms with Crippen LogP contribution < -0.4 is 0 Å². The second kappa shape index (κ2) is 8.19. The van der Waals surface area contributed by atoms with E-state index in [0.717, 1.165) is 29.2 Å². The van der Waals surface area contributed by atoms with Gasteiger partial charge in [-0.1, -0.05) is 44.2 Å². The first-order chi connectivity index (χ1) is 16.3. The largest absolute Gasteiger partial charge is 0.318 e. The maximum atomic E-state index is 4.96. The van der Waals surface area contributed by atoms with Crippen molar-refractivity contribution >= 4 is 11.0 Å². The maximum Gasteiger partial charge on any atom is 0.215 e. The number of aromatic amines is 1. The van der Waals surface area contributed by atoms with Gasteiger partial charge in [0, 0.05) is 24.2 Å². The van der Waals surface area contributed by atoms with E-state index in [-0.39, 0.29) is 0 Å². The molecule has 4 bridgehead atoms. The van der Waals surface area contributed by atoms with Crippen LogP contribution in [-0.4, -0.2) is 53.2 Å². The zero-order valence-corrected chi connectivity index (χ0v) is 19.4. The summed E-state index contributed by atoms with van der Waals surface area (Å²) in [6, 6.07) is 11.2. The Bertz CT molecular complexity index is 1080. The summed E-state index contributed by atoms with van der Waals surface area (Å²) in [7, 11) is 0. The number of H-pyrrole nitrogens is 1. The van der Waals surface area contributed by atoms with Gasteiger partial charge in [-0.2, -0.15) is 0 Å². The van der Waals surface area contributed by atoms with Crippen LogP contribution in [0.15, 0.2) is 24.3 Å². The SMILES string of the molecule is c1ccc2c(c1)nc(-c1nnn[nH]1)n2[C@@H]1C[C@H]2CCC[C@@H](C1)N2[C@H]1C[C@@H]2CCCC[C@@H](C2)C1. The first-order valence-electron chi connectivity index (χ1n) is 13.3. The molecule has 1 aromatic carbocycles. The van der Waals surface area contributed by atoms with Gasteiger partial charge in [0.25, 0.3) is 0 Å². The van der Waals surface area contributed by atoms with Crippen molar-refractivity contribution in [3.8, 4) is 11.6 Å². The summed E-state index contributed by atoms with van der Waals surface area (Å²) in [4.78, 5) is 8.00. The fourth-order valence-corrected chi connectivity index (χ4v) is 8.14. The fraction of sp³-hybridized carbons (Fsp3) is 0.692. The summed E-state index contributed by atoms with van der Waals surface area (Å²) in [6.45, 7) is 0. The summed E-state index contributed by atoms with van der Waals surface area (Å²) in [5.41, 5.74) is 2.25. The number of piperidine rings is 2. The summed E-state index contributed by atoms with van der Waals surface area (Å²) < 4.78 is 2.46. The van der Waals surface area contributed by atoms with Crippen LogP contribution in [0.2, 0.25) is 0 Å². The van der Waals surface area contributed by atoms with Crippen LogP contribution in [0.25, 0.3) is 22.7 Å². The summed E-state index contributed by atoms with van der Waals surface area (Å²) in [5, 5.41) is 14.9. The summed E-state index contributed by atoms with van der Waals surface area (Å²) in [5.74, 6) is 3.53. The molecule has 2 aromatic heterocycles. The highest BCUT2D eigenvalue weighted by atomic mass is 15.5. The Morgan fingerprint density at radius 1 is 0.758 bits per heavy atom. The van der Waals surface area contributed by atoms with E-state index in [9.17, 15) is 0 Å². The molecule has 6 atom stereocenters. The number of para-hydroxylation sites is 2. The molecule has 0 amide bonds. The average molecular weight is 446 g/mol. The molecule has 2 aliphatic carbocycles. The Balaban J connectivity index is 1.22. The van der Waals surface area contributed by atoms with E-state index in [1.807, 2.05) is 0 Å². The van der Waals surface area contributed by atoms with Gasteiger partial charge in [-0.15, -0.1) is 5.10 Å². The van der Waals surface area contributed by atoms with Gasteiger partial charge in [0.1, 0.15) is 0 Å². The van der Waals surface area contributed by atoms with Crippen molar-refractivity contribution in [3.63, 3.8) is 0 Å². The molecule has 7 heteroatoms. The second-order valence-corrected chi connectivity index (χ2v) is 11.2. The van der Waals surface area contributed by atoms with Crippen molar-refractivity contribution in [3.05, 3.63) is 24.3 Å². The highest BCUT2D eigenvalue weighted by molar-refractivity contribution is 5.79. The quantitative estimate of drug-likeness (QED) is 0.605. The highest BCUT2D eigenvalue weighted by Crippen LogP contribution is 2.47. The molecule has 4 heterocycles. The Labute approximate surface area is 195 Å². The van der Waals surface area contributed by atoms with Gasteiger partial charge >= 0.3 is 0 Å². The molecule has 174 valence electrons. The number of nitrogens with zero attached hydrogens (tertiary/aromatic N) is 6. The molecule has 7 nitrogen and oxygen atoms in total. The van der Waals surface area contributed by atoms with E-state index in [0.29, 0.717) is 23.9 Å². The van der Waals surface area contributed by atoms with Crippen LogP contribution >= 0.6 is 0 Å². The lowest BCUT2D eigenvalue weighted by atomic mass is 9.73. The Kier molecular flexibility index (Phi) is 4.99. The molecule has 0 radical (unpaired) electrons. The molecule has 2 saturated heterocycles. The molecular formula is C26H35N7. The lowest BCUT2D eigenvalue weighted by Gasteiger charge is -2.54. The molecule has 1 N–H and O–H groups in total. The van der Waals surface area contributed by atoms with Crippen molar-refractivity contribution in [2.24, 2.45) is 11.8 Å². The van der Waals surface area contributed by atoms with E-state index in [2.05, 4.69) is 54.4 Å². The zero-order valence-electron chi connectivity index (χ0n) is 19.4. The number of rotatable bonds is 3. The molecular weight excluding hydrogens is 410 g/mol. The standard InChI is InChI=1S/C26H35N7/c1-2-7-18-12-17(6-1)13-21(14-18)32-19-8-5-9-20(32)16-22(15-19)33-24-11-4-3-10-23(24)27-26(33)25-28-30-31-29-25/h3-4,10-11,17-22H,1-2,5-9,12-16H2,(H,28,29,30,31)/t17-,18+,19-,20+,21+,22-. The summed E-state index contributed by atoms with van der Waals surface area (Å²) in [6.07, 6.45) is 16.9. The lowest BCUT2D eigenvalue weighted by molar-refractivity contribution is -0.0415. The molecule has 0 spiro atoms. The minimum atomic E-state index is 0.454. The van der Waals surface area contributed by atoms with Crippen LogP contribution in [0.1, 0.15) is 83.1 Å². The molecule has 33 heavy (non-hydrogen) atoms. The van der Waals surface area contributed by atoms with E-state index < -0.39 is 0 Å². The lowest BCUT2D eigenvalue weighted by Crippen LogP contribution is -2.58. The number of aromatic nitrogens is 6. The number of fused-ring (bicyclic) bond motifs is 5. The number of hydrogen-bond acceptors (Lipinski definition) is 5. The van der Waals surface area contributed by atoms with E-state index in [1.54, 1.807) is 0 Å². The zero-order chi connectivity index (χ0) is 21.8. The minimum Gasteiger partial charge on any atom is -0.318 e. The molecule has 3 aromatic rings. The van der Waals surface area contributed by atoms with Crippen LogP contribution in [0.5, 0.6) is 0 Å². The third-order valence-corrected chi connectivity index (χ3v) is 9.30. The van der Waals surface area contributed by atoms with Crippen LogP contribution in [0.3, 0.4) is 0 Å². The van der Waals surface area contributed by atoms with Gasteiger partial charge in [0.2, 0.25) is 5.82 Å². The number of nitrogens with one attached hydrogen (secondary N) is 1. The normalized spacial score (nSPS) is 34.9. The molecule has 4 fully saturated rings. The predicted octanol–water partition coefficient (Wildman–Crippen LogP) is 5.13. The van der Waals surface area contributed by atoms with Gasteiger partial charge in [-0.25, -0.2) is 10.1 Å². The van der Waals surface area contributed by atoms with E-state index in [4.69, 9.17) is 4.98 Å². The monoisotopic (exact) mass is 445 g/mol. The van der Waals surface area contributed by atoms with Crippen molar-refractivity contribution < 1.29 is 0 Å². The topological polar surface area (TPSA) is 75.5 Å². The van der Waals surface area contributed by atoms with Crippen LogP contribution in [0.4, 0.5) is 0 Å². The van der Waals surface area contributed by atoms with Gasteiger partial charge in [-0.05, 0) is 79.3 Å². The molecule has 7 rings (SSSR count). The van der Waals surface area contributed by atoms with Crippen molar-refractivity contribution in [2.75, 3.05) is 0 Å². The number of imidazole rings is 1. The number of benzene rings is 1. The number of hydrogen-bond donors (Lipinski definition) is 1. The average Bonchev–Trinajstić information content (AvgIpc) is 3.45. The van der Waals surface area contributed by atoms with Crippen molar-refractivity contribution in [1.82, 2.24) is 35.1 Å². The van der Waals surface area contributed by atoms with Gasteiger partial charge < -0.3 is 4.57 Å². The molecule has 2 aliphatic heterocycles. The van der Waals surface area contributed by atoms with Gasteiger partial charge in [-0.3, -0.25) is 4.90 Å². The first kappa shape index (κ1) is 20.1. The molecule has 2 saturated carbocycles. The van der Waals surface area contributed by atoms with E-state index in [1.165, 1.54) is 82.6 Å². The third kappa shape index (κ3) is 3.50. The smallest absolute Gasteiger partial charge is 0.215 e. The molecule has 4 aliphatic rings. The predicted molar refractivity (Wildman–Crippen MR) is 128 cm³/mol. The first-order valence-corrected chi connectivity index (χ1v) is 13.3. The van der Waals surface area contributed by atoms with Crippen molar-refractivity contribution in [2.45, 2.75) is 101 Å². The van der Waals surface area contributed by atoms with Crippen LogP contribution in [-0.2, 0) is 0 Å². The van der Waals surface area contributed by atoms with Gasteiger partial charge in [0.15, 0.2) is 5.82 Å². The van der Waals surface area contributed by atoms with E-state index >= 15 is 0 Å². The fourth-order valence-electron chi connectivity index (χ4n) is 8.14. The third-order valence-electron chi connectivity index (χ3n) is 9.30. The Morgan fingerprint density at radius 2 is 1.52 bits per heavy atom. The highest BCUT2D eigenvalue weighted by Gasteiger charge is 2.45. The maximum absolute atomic E-state index is 4.96. The Morgan fingerprint density at radius 3 is 2.24 bits per heavy atom. The number of tetrazole rings is 1. The second-order valence-electron chi connectivity index (χ2n) is 11.2. The minimum absolute atomic E-state index is 0.454. The van der Waals surface area contributed by atoms with Crippen molar-refractivity contribution in [1.29, 1.82) is 0 Å². The molecule has 0 unspecified atom stereocenters. The summed E-state index contributed by atoms with van der Waals surface area (Å²) >= 11 is 0. The van der Waals surface area contributed by atoms with Gasteiger partial charge in [0.05, 0.1) is 11.0 Å².